The molecule has 3 aliphatic rings. The molecule has 4 atom stereocenters. The van der Waals surface area contributed by atoms with Crippen LogP contribution in [0.1, 0.15) is 41.8 Å². The average molecular weight is 419 g/mol. The number of piperidine rings is 3. The summed E-state index contributed by atoms with van der Waals surface area (Å²) in [5.74, 6) is 3.50. The van der Waals surface area contributed by atoms with Crippen LogP contribution >= 0.6 is 0 Å². The van der Waals surface area contributed by atoms with Gasteiger partial charge < -0.3 is 14.8 Å². The van der Waals surface area contributed by atoms with Gasteiger partial charge in [-0.2, -0.15) is 0 Å². The van der Waals surface area contributed by atoms with E-state index in [1.807, 2.05) is 25.1 Å². The Morgan fingerprint density at radius 2 is 1.97 bits per heavy atom. The topological polar surface area (TPSA) is 74.4 Å². The van der Waals surface area contributed by atoms with Crippen molar-refractivity contribution in [1.82, 2.24) is 20.2 Å². The zero-order valence-corrected chi connectivity index (χ0v) is 18.0. The molecule has 31 heavy (non-hydrogen) atoms. The lowest BCUT2D eigenvalue weighted by molar-refractivity contribution is 0.0290. The average Bonchev–Trinajstić information content (AvgIpc) is 3.28. The molecule has 0 radical (unpaired) electrons. The number of aliphatic hydroxyl groups excluding tert-OH is 1. The highest BCUT2D eigenvalue weighted by molar-refractivity contribution is 5.59. The lowest BCUT2D eigenvalue weighted by Crippen LogP contribution is -2.55. The van der Waals surface area contributed by atoms with Gasteiger partial charge in [0.25, 0.3) is 0 Å². The highest BCUT2D eigenvalue weighted by atomic mass is 16.4. The van der Waals surface area contributed by atoms with Crippen molar-refractivity contribution in [2.75, 3.05) is 19.6 Å². The molecule has 1 unspecified atom stereocenters. The molecule has 6 rings (SSSR count). The van der Waals surface area contributed by atoms with Gasteiger partial charge in [-0.1, -0.05) is 30.3 Å². The maximum Gasteiger partial charge on any atom is 0.129 e. The first-order valence-electron chi connectivity index (χ1n) is 11.2. The van der Waals surface area contributed by atoms with Gasteiger partial charge in [-0.25, -0.2) is 9.97 Å². The second-order valence-corrected chi connectivity index (χ2v) is 8.79. The van der Waals surface area contributed by atoms with E-state index in [2.05, 4.69) is 40.5 Å². The molecule has 3 aromatic rings. The Morgan fingerprint density at radius 3 is 2.71 bits per heavy atom. The molecule has 0 aliphatic carbocycles. The van der Waals surface area contributed by atoms with Gasteiger partial charge in [0.2, 0.25) is 0 Å². The first kappa shape index (κ1) is 20.4. The van der Waals surface area contributed by atoms with Crippen molar-refractivity contribution in [1.29, 1.82) is 0 Å². The third kappa shape index (κ3) is 4.42. The van der Waals surface area contributed by atoms with Gasteiger partial charge in [0.15, 0.2) is 0 Å². The zero-order valence-electron chi connectivity index (χ0n) is 18.0. The summed E-state index contributed by atoms with van der Waals surface area (Å²) >= 11 is 0. The first-order chi connectivity index (χ1) is 15.2. The SMILES string of the molecule is Cc1nc(-c2ccccc2)cc([C@@H]2CN3CC[C@H]2C[C@@H]3CNCc2ccc(CO)o2)n1. The van der Waals surface area contributed by atoms with Crippen LogP contribution in [0.5, 0.6) is 0 Å². The maximum atomic E-state index is 9.14. The molecule has 0 spiro atoms. The Bertz CT molecular complexity index is 1020. The summed E-state index contributed by atoms with van der Waals surface area (Å²) in [4.78, 5) is 12.2. The lowest BCUT2D eigenvalue weighted by atomic mass is 9.74. The second kappa shape index (κ2) is 8.91. The third-order valence-electron chi connectivity index (χ3n) is 6.74. The number of nitrogens with zero attached hydrogens (tertiary/aromatic N) is 3. The molecule has 162 valence electrons. The van der Waals surface area contributed by atoms with Crippen LogP contribution in [0.3, 0.4) is 0 Å². The van der Waals surface area contributed by atoms with Crippen molar-refractivity contribution < 1.29 is 9.52 Å². The summed E-state index contributed by atoms with van der Waals surface area (Å²) in [6.45, 7) is 5.84. The summed E-state index contributed by atoms with van der Waals surface area (Å²) in [5, 5.41) is 12.7. The highest BCUT2D eigenvalue weighted by Gasteiger charge is 2.41. The maximum absolute atomic E-state index is 9.14. The monoisotopic (exact) mass is 418 g/mol. The normalized spacial score (nSPS) is 25.1. The van der Waals surface area contributed by atoms with Crippen molar-refractivity contribution in [2.45, 2.75) is 44.9 Å². The van der Waals surface area contributed by atoms with Gasteiger partial charge in [0.1, 0.15) is 24.0 Å². The largest absolute Gasteiger partial charge is 0.462 e. The number of nitrogens with one attached hydrogen (secondary N) is 1. The third-order valence-corrected chi connectivity index (χ3v) is 6.74. The van der Waals surface area contributed by atoms with E-state index in [0.717, 1.165) is 35.9 Å². The van der Waals surface area contributed by atoms with Crippen LogP contribution in [0.4, 0.5) is 0 Å². The van der Waals surface area contributed by atoms with Crippen LogP contribution in [0.2, 0.25) is 0 Å². The van der Waals surface area contributed by atoms with E-state index in [9.17, 15) is 0 Å². The number of rotatable bonds is 7. The van der Waals surface area contributed by atoms with Crippen molar-refractivity contribution in [3.8, 4) is 11.3 Å². The minimum Gasteiger partial charge on any atom is -0.462 e. The smallest absolute Gasteiger partial charge is 0.129 e. The quantitative estimate of drug-likeness (QED) is 0.612. The number of hydrogen-bond acceptors (Lipinski definition) is 6. The van der Waals surface area contributed by atoms with Gasteiger partial charge >= 0.3 is 0 Å². The number of aromatic nitrogens is 2. The standard InChI is InChI=1S/C25H30N4O2/c1-17-27-24(18-5-3-2-4-6-18)12-25(28-17)23-15-29-10-9-19(23)11-20(29)13-26-14-21-7-8-22(16-30)31-21/h2-8,12,19-20,23,26,30H,9-11,13-16H2,1H3/t19-,20+,23+/m0/s1. The summed E-state index contributed by atoms with van der Waals surface area (Å²) in [6, 6.07) is 16.9. The predicted molar refractivity (Wildman–Crippen MR) is 119 cm³/mol. The fourth-order valence-corrected chi connectivity index (χ4v) is 5.19. The molecule has 3 saturated heterocycles. The van der Waals surface area contributed by atoms with E-state index >= 15 is 0 Å². The van der Waals surface area contributed by atoms with Crippen molar-refractivity contribution in [3.63, 3.8) is 0 Å². The summed E-state index contributed by atoms with van der Waals surface area (Å²) in [5.41, 5.74) is 3.37. The molecule has 2 N–H and O–H groups in total. The number of aryl methyl sites for hydroxylation is 1. The van der Waals surface area contributed by atoms with Crippen LogP contribution in [-0.4, -0.2) is 45.7 Å². The van der Waals surface area contributed by atoms with Crippen molar-refractivity contribution in [3.05, 3.63) is 71.6 Å². The van der Waals surface area contributed by atoms with Gasteiger partial charge in [-0.05, 0) is 50.4 Å². The van der Waals surface area contributed by atoms with Crippen molar-refractivity contribution >= 4 is 0 Å². The number of furan rings is 1. The van der Waals surface area contributed by atoms with Gasteiger partial charge in [-0.3, -0.25) is 4.90 Å². The van der Waals surface area contributed by atoms with E-state index in [1.165, 1.54) is 25.1 Å². The Kier molecular flexibility index (Phi) is 5.85. The lowest BCUT2D eigenvalue weighted by Gasteiger charge is -2.50. The summed E-state index contributed by atoms with van der Waals surface area (Å²) in [7, 11) is 0. The molecule has 6 heteroatoms. The Morgan fingerprint density at radius 1 is 1.13 bits per heavy atom. The van der Waals surface area contributed by atoms with E-state index in [0.29, 0.717) is 30.2 Å². The first-order valence-corrected chi connectivity index (χ1v) is 11.2. The molecular weight excluding hydrogens is 388 g/mol. The molecule has 3 fully saturated rings. The predicted octanol–water partition coefficient (Wildman–Crippen LogP) is 3.50. The van der Waals surface area contributed by atoms with Gasteiger partial charge in [0, 0.05) is 36.3 Å². The van der Waals surface area contributed by atoms with Crippen LogP contribution < -0.4 is 5.32 Å². The Labute approximate surface area is 183 Å². The number of benzene rings is 1. The number of hydrogen-bond donors (Lipinski definition) is 2. The molecule has 1 aromatic carbocycles. The number of fused-ring (bicyclic) bond motifs is 3. The molecule has 6 nitrogen and oxygen atoms in total. The fourth-order valence-electron chi connectivity index (χ4n) is 5.19. The molecule has 5 heterocycles. The van der Waals surface area contributed by atoms with Crippen LogP contribution in [0.25, 0.3) is 11.3 Å². The van der Waals surface area contributed by atoms with Crippen LogP contribution in [-0.2, 0) is 13.2 Å². The molecular formula is C25H30N4O2. The van der Waals surface area contributed by atoms with Gasteiger partial charge in [0.05, 0.1) is 12.2 Å². The molecule has 2 bridgehead atoms. The van der Waals surface area contributed by atoms with E-state index < -0.39 is 0 Å². The van der Waals surface area contributed by atoms with Crippen LogP contribution in [0, 0.1) is 12.8 Å². The minimum atomic E-state index is -0.0476. The molecule has 0 amide bonds. The van der Waals surface area contributed by atoms with Gasteiger partial charge in [-0.15, -0.1) is 0 Å². The van der Waals surface area contributed by atoms with Crippen LogP contribution in [0.15, 0.2) is 52.9 Å². The molecule has 3 aliphatic heterocycles. The minimum absolute atomic E-state index is 0.0476. The van der Waals surface area contributed by atoms with E-state index in [1.54, 1.807) is 0 Å². The highest BCUT2D eigenvalue weighted by Crippen LogP contribution is 2.41. The van der Waals surface area contributed by atoms with Crippen molar-refractivity contribution in [2.24, 2.45) is 5.92 Å². The summed E-state index contributed by atoms with van der Waals surface area (Å²) in [6.07, 6.45) is 2.43. The summed E-state index contributed by atoms with van der Waals surface area (Å²) < 4.78 is 5.58. The Balaban J connectivity index is 1.24. The fraction of sp³-hybridized carbons (Fsp3) is 0.440. The van der Waals surface area contributed by atoms with E-state index in [-0.39, 0.29) is 6.61 Å². The van der Waals surface area contributed by atoms with E-state index in [4.69, 9.17) is 19.5 Å². The molecule has 0 saturated carbocycles. The number of aliphatic hydroxyl groups is 1. The molecule has 2 aromatic heterocycles. The Hall–Kier alpha value is -2.54. The zero-order chi connectivity index (χ0) is 21.2. The second-order valence-electron chi connectivity index (χ2n) is 8.79.